The number of rotatable bonds is 5. The van der Waals surface area contributed by atoms with Gasteiger partial charge in [0.2, 0.25) is 0 Å². The van der Waals surface area contributed by atoms with Gasteiger partial charge in [-0.2, -0.15) is 5.10 Å². The Hall–Kier alpha value is -4.74. The Morgan fingerprint density at radius 3 is 2.61 bits per heavy atom. The average molecular weight is 519 g/mol. The molecule has 0 spiro atoms. The second kappa shape index (κ2) is 8.13. The van der Waals surface area contributed by atoms with E-state index in [9.17, 15) is 18.8 Å². The number of carbonyl (C=O) groups excluding carboxylic acids is 3. The lowest BCUT2D eigenvalue weighted by Gasteiger charge is -2.28. The van der Waals surface area contributed by atoms with Gasteiger partial charge in [0.15, 0.2) is 22.7 Å². The molecule has 0 radical (unpaired) electrons. The lowest BCUT2D eigenvalue weighted by atomic mass is 9.95. The van der Waals surface area contributed by atoms with Gasteiger partial charge in [0.05, 0.1) is 30.6 Å². The molecular weight excluding hydrogens is 495 g/mol. The number of urea groups is 1. The smallest absolute Gasteiger partial charge is 0.322 e. The Balaban J connectivity index is 1.40. The van der Waals surface area contributed by atoms with Gasteiger partial charge in [0.25, 0.3) is 11.8 Å². The first kappa shape index (κ1) is 23.6. The van der Waals surface area contributed by atoms with Crippen LogP contribution in [0.5, 0.6) is 5.75 Å². The standard InChI is InChI=1S/C26H23FN6O5/c1-12-20(13(2)32(3)31-12)15-6-8-17-16(28-15)9-19(38-17)26(24(35)29-25(36)30-26)11-33-10-14-5-7-18(37-4)22(27)21(14)23(33)34/h5-9H,10-11H2,1-4H3,(H2,29,30,35,36)/t26-/m0/s1. The van der Waals surface area contributed by atoms with Gasteiger partial charge < -0.3 is 19.4 Å². The molecule has 11 nitrogen and oxygen atoms in total. The summed E-state index contributed by atoms with van der Waals surface area (Å²) in [6, 6.07) is 7.41. The lowest BCUT2D eigenvalue weighted by Crippen LogP contribution is -2.52. The van der Waals surface area contributed by atoms with E-state index in [-0.39, 0.29) is 30.2 Å². The van der Waals surface area contributed by atoms with Crippen LogP contribution in [0, 0.1) is 19.7 Å². The fraction of sp³-hybridized carbons (Fsp3) is 0.269. The number of fused-ring (bicyclic) bond motifs is 2. The van der Waals surface area contributed by atoms with E-state index in [1.54, 1.807) is 28.9 Å². The van der Waals surface area contributed by atoms with Crippen LogP contribution in [0.4, 0.5) is 9.18 Å². The zero-order valence-electron chi connectivity index (χ0n) is 21.0. The van der Waals surface area contributed by atoms with E-state index in [1.165, 1.54) is 18.1 Å². The second-order valence-corrected chi connectivity index (χ2v) is 9.45. The first-order chi connectivity index (χ1) is 18.1. The van der Waals surface area contributed by atoms with Crippen LogP contribution in [0.3, 0.4) is 0 Å². The van der Waals surface area contributed by atoms with Gasteiger partial charge >= 0.3 is 6.03 Å². The third-order valence-corrected chi connectivity index (χ3v) is 7.20. The molecule has 1 atom stereocenters. The molecule has 2 aliphatic heterocycles. The van der Waals surface area contributed by atoms with Gasteiger partial charge in [-0.3, -0.25) is 19.6 Å². The Morgan fingerprint density at radius 1 is 1.16 bits per heavy atom. The largest absolute Gasteiger partial charge is 0.494 e. The highest BCUT2D eigenvalue weighted by atomic mass is 19.1. The molecule has 0 aliphatic carbocycles. The fourth-order valence-electron chi connectivity index (χ4n) is 5.24. The van der Waals surface area contributed by atoms with Crippen molar-refractivity contribution in [2.75, 3.05) is 13.7 Å². The predicted molar refractivity (Wildman–Crippen MR) is 132 cm³/mol. The normalized spacial score (nSPS) is 18.8. The summed E-state index contributed by atoms with van der Waals surface area (Å²) in [6.07, 6.45) is 0. The van der Waals surface area contributed by atoms with Crippen LogP contribution in [0.25, 0.3) is 22.4 Å². The van der Waals surface area contributed by atoms with E-state index in [2.05, 4.69) is 15.7 Å². The second-order valence-electron chi connectivity index (χ2n) is 9.45. The molecule has 5 heterocycles. The Morgan fingerprint density at radius 2 is 1.95 bits per heavy atom. The van der Waals surface area contributed by atoms with E-state index in [0.717, 1.165) is 17.0 Å². The van der Waals surface area contributed by atoms with Crippen LogP contribution in [0.1, 0.15) is 33.1 Å². The topological polar surface area (TPSA) is 132 Å². The summed E-state index contributed by atoms with van der Waals surface area (Å²) >= 11 is 0. The van der Waals surface area contributed by atoms with Crippen LogP contribution in [0.2, 0.25) is 0 Å². The number of hydrogen-bond donors (Lipinski definition) is 2. The van der Waals surface area contributed by atoms with Gasteiger partial charge in [-0.05, 0) is 37.6 Å². The maximum Gasteiger partial charge on any atom is 0.322 e. The molecular formula is C26H23FN6O5. The van der Waals surface area contributed by atoms with Crippen molar-refractivity contribution in [1.29, 1.82) is 0 Å². The van der Waals surface area contributed by atoms with Crippen LogP contribution < -0.4 is 15.4 Å². The Kier molecular flexibility index (Phi) is 5.06. The number of halogens is 1. The highest BCUT2D eigenvalue weighted by Gasteiger charge is 2.53. The van der Waals surface area contributed by atoms with E-state index in [0.29, 0.717) is 22.4 Å². The number of furan rings is 1. The molecule has 4 aromatic rings. The molecule has 6 rings (SSSR count). The van der Waals surface area contributed by atoms with E-state index in [4.69, 9.17) is 14.1 Å². The van der Waals surface area contributed by atoms with Crippen LogP contribution in [-0.4, -0.2) is 51.2 Å². The fourth-order valence-corrected chi connectivity index (χ4v) is 5.24. The van der Waals surface area contributed by atoms with Crippen molar-refractivity contribution in [3.8, 4) is 17.0 Å². The summed E-state index contributed by atoms with van der Waals surface area (Å²) in [5, 5.41) is 9.30. The number of carbonyl (C=O) groups is 3. The first-order valence-corrected chi connectivity index (χ1v) is 11.8. The van der Waals surface area contributed by atoms with Crippen LogP contribution in [0.15, 0.2) is 34.7 Å². The maximum absolute atomic E-state index is 14.9. The van der Waals surface area contributed by atoms with Crippen molar-refractivity contribution < 1.29 is 27.9 Å². The van der Waals surface area contributed by atoms with E-state index >= 15 is 0 Å². The third-order valence-electron chi connectivity index (χ3n) is 7.20. The highest BCUT2D eigenvalue weighted by molar-refractivity contribution is 6.08. The number of hydrogen-bond acceptors (Lipinski definition) is 7. The minimum atomic E-state index is -1.74. The van der Waals surface area contributed by atoms with Gasteiger partial charge in [-0.25, -0.2) is 14.2 Å². The van der Waals surface area contributed by atoms with Gasteiger partial charge in [0.1, 0.15) is 11.3 Å². The minimum Gasteiger partial charge on any atom is -0.494 e. The maximum atomic E-state index is 14.9. The van der Waals surface area contributed by atoms with E-state index in [1.807, 2.05) is 20.9 Å². The van der Waals surface area contributed by atoms with Crippen molar-refractivity contribution in [3.05, 3.63) is 64.4 Å². The molecule has 1 aromatic carbocycles. The molecule has 1 fully saturated rings. The number of benzene rings is 1. The molecule has 0 saturated carbocycles. The summed E-state index contributed by atoms with van der Waals surface area (Å²) in [4.78, 5) is 44.7. The number of nitrogens with one attached hydrogen (secondary N) is 2. The first-order valence-electron chi connectivity index (χ1n) is 11.8. The summed E-state index contributed by atoms with van der Waals surface area (Å²) in [5.41, 5.74) is 2.75. The summed E-state index contributed by atoms with van der Waals surface area (Å²) in [7, 11) is 3.17. The van der Waals surface area contributed by atoms with Crippen molar-refractivity contribution in [2.24, 2.45) is 7.05 Å². The molecule has 194 valence electrons. The SMILES string of the molecule is COc1ccc2c(c1F)C(=O)N(C[C@@]1(c3cc4nc(-c5c(C)nn(C)c5C)ccc4o3)NC(=O)NC1=O)C2. The molecule has 2 aliphatic rings. The third kappa shape index (κ3) is 3.29. The van der Waals surface area contributed by atoms with Crippen molar-refractivity contribution in [3.63, 3.8) is 0 Å². The summed E-state index contributed by atoms with van der Waals surface area (Å²) in [5.74, 6) is -2.04. The van der Waals surface area contributed by atoms with Gasteiger partial charge in [0, 0.05) is 30.9 Å². The number of pyridine rings is 1. The summed E-state index contributed by atoms with van der Waals surface area (Å²) in [6.45, 7) is 3.60. The quantitative estimate of drug-likeness (QED) is 0.388. The number of ether oxygens (including phenoxy) is 1. The Bertz CT molecular complexity index is 1690. The average Bonchev–Trinajstić information content (AvgIpc) is 3.58. The van der Waals surface area contributed by atoms with Crippen molar-refractivity contribution >= 4 is 28.9 Å². The number of aryl methyl sites for hydroxylation is 2. The number of imide groups is 1. The molecule has 3 aromatic heterocycles. The molecule has 0 unspecified atom stereocenters. The van der Waals surface area contributed by atoms with Gasteiger partial charge in [-0.15, -0.1) is 0 Å². The number of nitrogens with zero attached hydrogens (tertiary/aromatic N) is 4. The van der Waals surface area contributed by atoms with Crippen LogP contribution in [-0.2, 0) is 23.9 Å². The van der Waals surface area contributed by atoms with E-state index < -0.39 is 29.2 Å². The predicted octanol–water partition coefficient (Wildman–Crippen LogP) is 2.68. The molecule has 0 bridgehead atoms. The molecule has 38 heavy (non-hydrogen) atoms. The zero-order chi connectivity index (χ0) is 26.9. The van der Waals surface area contributed by atoms with Crippen molar-refractivity contribution in [1.82, 2.24) is 30.3 Å². The molecule has 12 heteroatoms. The molecule has 1 saturated heterocycles. The summed E-state index contributed by atoms with van der Waals surface area (Å²) < 4.78 is 27.7. The van der Waals surface area contributed by atoms with Crippen molar-refractivity contribution in [2.45, 2.75) is 25.9 Å². The zero-order valence-corrected chi connectivity index (χ0v) is 21.0. The van der Waals surface area contributed by atoms with Gasteiger partial charge in [-0.1, -0.05) is 6.07 Å². The minimum absolute atomic E-state index is 0.0438. The molecule has 4 amide bonds. The Labute approximate surface area is 215 Å². The highest BCUT2D eigenvalue weighted by Crippen LogP contribution is 2.36. The number of aromatic nitrogens is 3. The lowest BCUT2D eigenvalue weighted by molar-refractivity contribution is -0.125. The number of methoxy groups -OCH3 is 1. The molecule has 2 N–H and O–H groups in total. The van der Waals surface area contributed by atoms with Crippen LogP contribution >= 0.6 is 0 Å². The monoisotopic (exact) mass is 518 g/mol. The number of amides is 4.